The van der Waals surface area contributed by atoms with Crippen molar-refractivity contribution in [1.82, 2.24) is 0 Å². The number of carbonyl (C=O) groups excluding carboxylic acids is 1. The predicted octanol–water partition coefficient (Wildman–Crippen LogP) is 5.79. The van der Waals surface area contributed by atoms with E-state index in [-0.39, 0.29) is 5.91 Å². The summed E-state index contributed by atoms with van der Waals surface area (Å²) in [6.45, 7) is 4.15. The molecule has 1 amide bonds. The van der Waals surface area contributed by atoms with Crippen LogP contribution in [0.25, 0.3) is 0 Å². The van der Waals surface area contributed by atoms with Gasteiger partial charge in [0.15, 0.2) is 0 Å². The van der Waals surface area contributed by atoms with Gasteiger partial charge in [-0.3, -0.25) is 4.79 Å². The molecule has 0 spiro atoms. The number of nitrogens with one attached hydrogen (secondary N) is 1. The molecule has 150 valence electrons. The Morgan fingerprint density at radius 1 is 1.31 bits per heavy atom. The van der Waals surface area contributed by atoms with Gasteiger partial charge in [-0.15, -0.1) is 11.3 Å². The number of ether oxygens (including phenoxy) is 1. The SMILES string of the molecule is COc1ccccc1NC(=O)c1c(N=Cc2ccc(C)o2)sc2c1CCC(C)C2. The molecule has 0 fully saturated rings. The van der Waals surface area contributed by atoms with E-state index in [1.807, 2.05) is 43.3 Å². The van der Waals surface area contributed by atoms with Crippen LogP contribution in [0.15, 0.2) is 45.8 Å². The van der Waals surface area contributed by atoms with E-state index < -0.39 is 0 Å². The fourth-order valence-electron chi connectivity index (χ4n) is 3.64. The molecule has 29 heavy (non-hydrogen) atoms. The number of carbonyl (C=O) groups is 1. The van der Waals surface area contributed by atoms with Gasteiger partial charge in [0.05, 0.1) is 24.6 Å². The number of anilines is 1. The van der Waals surface area contributed by atoms with Gasteiger partial charge in [-0.25, -0.2) is 4.99 Å². The summed E-state index contributed by atoms with van der Waals surface area (Å²) in [6.07, 6.45) is 4.66. The maximum absolute atomic E-state index is 13.3. The van der Waals surface area contributed by atoms with Crippen molar-refractivity contribution in [2.45, 2.75) is 33.1 Å². The molecule has 1 aliphatic carbocycles. The lowest BCUT2D eigenvalue weighted by molar-refractivity contribution is 0.102. The monoisotopic (exact) mass is 408 g/mol. The highest BCUT2D eigenvalue weighted by atomic mass is 32.1. The standard InChI is InChI=1S/C23H24N2O3S/c1-14-8-11-17-20(12-14)29-23(24-13-16-10-9-15(2)28-16)21(17)22(26)25-18-6-4-5-7-19(18)27-3/h4-7,9-10,13-14H,8,11-12H2,1-3H3,(H,25,26). The van der Waals surface area contributed by atoms with Crippen LogP contribution in [0, 0.1) is 12.8 Å². The highest BCUT2D eigenvalue weighted by Gasteiger charge is 2.28. The lowest BCUT2D eigenvalue weighted by atomic mass is 9.88. The van der Waals surface area contributed by atoms with Crippen LogP contribution in [0.3, 0.4) is 0 Å². The Labute approximate surface area is 174 Å². The van der Waals surface area contributed by atoms with Gasteiger partial charge in [-0.1, -0.05) is 19.1 Å². The second-order valence-electron chi connectivity index (χ2n) is 7.39. The number of para-hydroxylation sites is 2. The summed E-state index contributed by atoms with van der Waals surface area (Å²) in [5.74, 6) is 2.62. The molecule has 1 atom stereocenters. The van der Waals surface area contributed by atoms with E-state index in [1.165, 1.54) is 4.88 Å². The zero-order valence-electron chi connectivity index (χ0n) is 16.8. The van der Waals surface area contributed by atoms with Crippen molar-refractivity contribution in [3.05, 3.63) is 63.9 Å². The molecule has 2 aromatic heterocycles. The van der Waals surface area contributed by atoms with Crippen molar-refractivity contribution < 1.29 is 13.9 Å². The Morgan fingerprint density at radius 2 is 2.14 bits per heavy atom. The number of aliphatic imine (C=N–C) groups is 1. The average Bonchev–Trinajstić information content (AvgIpc) is 3.29. The summed E-state index contributed by atoms with van der Waals surface area (Å²) >= 11 is 1.61. The molecule has 0 aliphatic heterocycles. The lowest BCUT2D eigenvalue weighted by Gasteiger charge is -2.18. The second kappa shape index (κ2) is 8.25. The number of hydrogen-bond acceptors (Lipinski definition) is 5. The molecular weight excluding hydrogens is 384 g/mol. The first kappa shape index (κ1) is 19.5. The number of methoxy groups -OCH3 is 1. The average molecular weight is 409 g/mol. The number of fused-ring (bicyclic) bond motifs is 1. The first-order valence-electron chi connectivity index (χ1n) is 9.74. The van der Waals surface area contributed by atoms with Crippen LogP contribution in [-0.4, -0.2) is 19.2 Å². The number of benzene rings is 1. The van der Waals surface area contributed by atoms with E-state index in [0.717, 1.165) is 35.6 Å². The Balaban J connectivity index is 1.70. The van der Waals surface area contributed by atoms with Crippen LogP contribution >= 0.6 is 11.3 Å². The van der Waals surface area contributed by atoms with E-state index in [9.17, 15) is 4.79 Å². The van der Waals surface area contributed by atoms with Gasteiger partial charge in [0, 0.05) is 4.88 Å². The first-order valence-corrected chi connectivity index (χ1v) is 10.6. The van der Waals surface area contributed by atoms with E-state index in [0.29, 0.717) is 28.7 Å². The maximum Gasteiger partial charge on any atom is 0.259 e. The van der Waals surface area contributed by atoms with Crippen LogP contribution in [-0.2, 0) is 12.8 Å². The molecule has 0 radical (unpaired) electrons. The topological polar surface area (TPSA) is 63.8 Å². The van der Waals surface area contributed by atoms with Gasteiger partial charge in [-0.2, -0.15) is 0 Å². The van der Waals surface area contributed by atoms with Gasteiger partial charge in [0.1, 0.15) is 22.3 Å². The van der Waals surface area contributed by atoms with Gasteiger partial charge in [0.25, 0.3) is 5.91 Å². The molecule has 0 bridgehead atoms. The van der Waals surface area contributed by atoms with Crippen LogP contribution in [0.1, 0.15) is 45.7 Å². The number of thiophene rings is 1. The summed E-state index contributed by atoms with van der Waals surface area (Å²) in [5.41, 5.74) is 2.45. The number of rotatable bonds is 5. The number of nitrogens with zero attached hydrogens (tertiary/aromatic N) is 1. The maximum atomic E-state index is 13.3. The molecule has 4 rings (SSSR count). The van der Waals surface area contributed by atoms with E-state index in [2.05, 4.69) is 17.2 Å². The highest BCUT2D eigenvalue weighted by molar-refractivity contribution is 7.16. The second-order valence-corrected chi connectivity index (χ2v) is 8.48. The van der Waals surface area contributed by atoms with Crippen LogP contribution in [0.4, 0.5) is 10.7 Å². The van der Waals surface area contributed by atoms with Crippen LogP contribution < -0.4 is 10.1 Å². The largest absolute Gasteiger partial charge is 0.495 e. The lowest BCUT2D eigenvalue weighted by Crippen LogP contribution is -2.17. The minimum atomic E-state index is -0.149. The van der Waals surface area contributed by atoms with Crippen molar-refractivity contribution in [2.75, 3.05) is 12.4 Å². The molecule has 1 aliphatic rings. The Kier molecular flexibility index (Phi) is 5.53. The van der Waals surface area contributed by atoms with Crippen molar-refractivity contribution in [2.24, 2.45) is 10.9 Å². The summed E-state index contributed by atoms with van der Waals surface area (Å²) < 4.78 is 11.0. The molecule has 0 saturated carbocycles. The van der Waals surface area contributed by atoms with Crippen LogP contribution in [0.5, 0.6) is 5.75 Å². The quantitative estimate of drug-likeness (QED) is 0.544. The number of furan rings is 1. The van der Waals surface area contributed by atoms with Gasteiger partial charge in [0.2, 0.25) is 0 Å². The minimum Gasteiger partial charge on any atom is -0.495 e. The summed E-state index contributed by atoms with van der Waals surface area (Å²) in [4.78, 5) is 19.2. The first-order chi connectivity index (χ1) is 14.0. The minimum absolute atomic E-state index is 0.149. The number of hydrogen-bond donors (Lipinski definition) is 1. The molecule has 0 saturated heterocycles. The molecule has 1 unspecified atom stereocenters. The zero-order chi connectivity index (χ0) is 20.4. The predicted molar refractivity (Wildman–Crippen MR) is 117 cm³/mol. The fraction of sp³-hybridized carbons (Fsp3) is 0.304. The third kappa shape index (κ3) is 4.12. The molecule has 5 nitrogen and oxygen atoms in total. The molecule has 1 N–H and O–H groups in total. The third-order valence-corrected chi connectivity index (χ3v) is 6.31. The van der Waals surface area contributed by atoms with Crippen molar-refractivity contribution in [3.63, 3.8) is 0 Å². The summed E-state index contributed by atoms with van der Waals surface area (Å²) in [5, 5.41) is 3.74. The van der Waals surface area contributed by atoms with E-state index in [4.69, 9.17) is 9.15 Å². The van der Waals surface area contributed by atoms with Crippen molar-refractivity contribution in [3.8, 4) is 5.75 Å². The summed E-state index contributed by atoms with van der Waals surface area (Å²) in [6, 6.07) is 11.2. The van der Waals surface area contributed by atoms with Gasteiger partial charge < -0.3 is 14.5 Å². The third-order valence-electron chi connectivity index (χ3n) is 5.15. The number of amides is 1. The van der Waals surface area contributed by atoms with Crippen LogP contribution in [0.2, 0.25) is 0 Å². The smallest absolute Gasteiger partial charge is 0.259 e. The molecule has 3 aromatic rings. The van der Waals surface area contributed by atoms with Gasteiger partial charge >= 0.3 is 0 Å². The normalized spacial score (nSPS) is 16.0. The molecule has 2 heterocycles. The number of aryl methyl sites for hydroxylation is 1. The zero-order valence-corrected chi connectivity index (χ0v) is 17.6. The molecular formula is C23H24N2O3S. The Morgan fingerprint density at radius 3 is 2.90 bits per heavy atom. The Bertz CT molecular complexity index is 1060. The van der Waals surface area contributed by atoms with Crippen molar-refractivity contribution in [1.29, 1.82) is 0 Å². The van der Waals surface area contributed by atoms with E-state index in [1.54, 1.807) is 24.7 Å². The molecule has 6 heteroatoms. The van der Waals surface area contributed by atoms with E-state index >= 15 is 0 Å². The molecule has 1 aromatic carbocycles. The fourth-order valence-corrected chi connectivity index (χ4v) is 4.99. The highest BCUT2D eigenvalue weighted by Crippen LogP contribution is 2.41. The van der Waals surface area contributed by atoms with Gasteiger partial charge in [-0.05, 0) is 61.9 Å². The summed E-state index contributed by atoms with van der Waals surface area (Å²) in [7, 11) is 1.60. The Hall–Kier alpha value is -2.86. The van der Waals surface area contributed by atoms with Crippen molar-refractivity contribution >= 4 is 34.1 Å².